The van der Waals surface area contributed by atoms with Crippen molar-refractivity contribution in [1.82, 2.24) is 14.9 Å². The van der Waals surface area contributed by atoms with Gasteiger partial charge in [0.25, 0.3) is 0 Å². The third-order valence-electron chi connectivity index (χ3n) is 3.46. The summed E-state index contributed by atoms with van der Waals surface area (Å²) in [5.74, 6) is -1.02. The van der Waals surface area contributed by atoms with E-state index in [9.17, 15) is 9.59 Å². The molecule has 20 heavy (non-hydrogen) atoms. The number of primary amides is 1. The van der Waals surface area contributed by atoms with Gasteiger partial charge >= 0.3 is 0 Å². The zero-order chi connectivity index (χ0) is 14.3. The second-order valence-electron chi connectivity index (χ2n) is 4.70. The number of anilines is 1. The molecule has 1 aliphatic rings. The van der Waals surface area contributed by atoms with Crippen LogP contribution in [0.1, 0.15) is 12.0 Å². The van der Waals surface area contributed by atoms with Gasteiger partial charge in [-0.25, -0.2) is 9.97 Å². The van der Waals surface area contributed by atoms with E-state index in [-0.39, 0.29) is 5.91 Å². The van der Waals surface area contributed by atoms with Crippen molar-refractivity contribution < 1.29 is 9.59 Å². The molecule has 2 aromatic heterocycles. The second kappa shape index (κ2) is 4.71. The smallest absolute Gasteiger partial charge is 0.235 e. The van der Waals surface area contributed by atoms with Crippen molar-refractivity contribution in [2.24, 2.45) is 11.7 Å². The van der Waals surface area contributed by atoms with Gasteiger partial charge in [-0.05, 0) is 11.8 Å². The summed E-state index contributed by atoms with van der Waals surface area (Å²) in [6.45, 7) is 0.948. The first-order valence-corrected chi connectivity index (χ1v) is 7.00. The topological polar surface area (TPSA) is 115 Å². The number of aromatic nitrogens is 2. The minimum absolute atomic E-state index is 0.209. The Morgan fingerprint density at radius 1 is 1.50 bits per heavy atom. The molecule has 1 aliphatic heterocycles. The second-order valence-corrected chi connectivity index (χ2v) is 5.58. The fraction of sp³-hybridized carbons (Fsp3) is 0.333. The van der Waals surface area contributed by atoms with Crippen molar-refractivity contribution in [1.29, 1.82) is 0 Å². The van der Waals surface area contributed by atoms with E-state index in [1.807, 2.05) is 5.38 Å². The van der Waals surface area contributed by atoms with Crippen LogP contribution in [0, 0.1) is 5.92 Å². The molecular weight excluding hydrogens is 278 g/mol. The first kappa shape index (κ1) is 12.8. The molecule has 0 saturated carbocycles. The number of nitrogens with two attached hydrogens (primary N) is 2. The number of nitrogen functional groups attached to an aromatic ring is 1. The van der Waals surface area contributed by atoms with Crippen molar-refractivity contribution in [3.8, 4) is 0 Å². The summed E-state index contributed by atoms with van der Waals surface area (Å²) >= 11 is 1.45. The Hall–Kier alpha value is -2.22. The van der Waals surface area contributed by atoms with E-state index in [2.05, 4.69) is 9.97 Å². The van der Waals surface area contributed by atoms with Gasteiger partial charge < -0.3 is 16.4 Å². The first-order valence-electron chi connectivity index (χ1n) is 6.12. The van der Waals surface area contributed by atoms with Gasteiger partial charge in [0.1, 0.15) is 18.1 Å². The Morgan fingerprint density at radius 3 is 3.00 bits per heavy atom. The zero-order valence-electron chi connectivity index (χ0n) is 10.6. The maximum Gasteiger partial charge on any atom is 0.235 e. The van der Waals surface area contributed by atoms with Gasteiger partial charge in [0.15, 0.2) is 0 Å². The molecule has 1 atom stereocenters. The summed E-state index contributed by atoms with van der Waals surface area (Å²) < 4.78 is 0.820. The molecule has 2 aromatic rings. The molecule has 0 aliphatic carbocycles. The Kier molecular flexibility index (Phi) is 3.01. The van der Waals surface area contributed by atoms with Crippen molar-refractivity contribution in [3.05, 3.63) is 17.3 Å². The number of hydrogen-bond acceptors (Lipinski definition) is 6. The number of thiophene rings is 1. The summed E-state index contributed by atoms with van der Waals surface area (Å²) in [5, 5.41) is 1.92. The highest BCUT2D eigenvalue weighted by Gasteiger charge is 2.35. The molecule has 8 heteroatoms. The van der Waals surface area contributed by atoms with Crippen LogP contribution in [0.2, 0.25) is 0 Å². The van der Waals surface area contributed by atoms with Gasteiger partial charge in [-0.1, -0.05) is 0 Å². The predicted octanol–water partition coefficient (Wildman–Crippen LogP) is 0.107. The van der Waals surface area contributed by atoms with Crippen LogP contribution in [-0.2, 0) is 16.1 Å². The van der Waals surface area contributed by atoms with Crippen LogP contribution < -0.4 is 11.5 Å². The lowest BCUT2D eigenvalue weighted by Crippen LogP contribution is -2.33. The zero-order valence-corrected chi connectivity index (χ0v) is 11.4. The van der Waals surface area contributed by atoms with Crippen LogP contribution in [0.25, 0.3) is 10.2 Å². The van der Waals surface area contributed by atoms with Gasteiger partial charge in [-0.2, -0.15) is 0 Å². The Balaban J connectivity index is 1.86. The van der Waals surface area contributed by atoms with Gasteiger partial charge in [-0.15, -0.1) is 11.3 Å². The average molecular weight is 291 g/mol. The Bertz CT molecular complexity index is 698. The first-order chi connectivity index (χ1) is 9.58. The molecule has 104 valence electrons. The van der Waals surface area contributed by atoms with E-state index in [1.165, 1.54) is 17.7 Å². The van der Waals surface area contributed by atoms with Crippen molar-refractivity contribution in [2.75, 3.05) is 12.3 Å². The van der Waals surface area contributed by atoms with Gasteiger partial charge in [0.2, 0.25) is 11.8 Å². The number of rotatable bonds is 3. The summed E-state index contributed by atoms with van der Waals surface area (Å²) in [7, 11) is 0. The molecule has 0 unspecified atom stereocenters. The molecule has 0 aromatic carbocycles. The van der Waals surface area contributed by atoms with E-state index in [0.717, 1.165) is 15.8 Å². The number of carbonyl (C=O) groups is 2. The highest BCUT2D eigenvalue weighted by molar-refractivity contribution is 7.17. The molecule has 1 saturated heterocycles. The number of likely N-dealkylation sites (tertiary alicyclic amines) is 1. The lowest BCUT2D eigenvalue weighted by atomic mass is 10.1. The van der Waals surface area contributed by atoms with Gasteiger partial charge in [-0.3, -0.25) is 9.59 Å². The van der Waals surface area contributed by atoms with E-state index < -0.39 is 11.8 Å². The summed E-state index contributed by atoms with van der Waals surface area (Å²) in [4.78, 5) is 33.0. The minimum Gasteiger partial charge on any atom is -0.382 e. The van der Waals surface area contributed by atoms with E-state index >= 15 is 0 Å². The fourth-order valence-corrected chi connectivity index (χ4v) is 3.31. The molecule has 4 N–H and O–H groups in total. The van der Waals surface area contributed by atoms with E-state index in [4.69, 9.17) is 11.5 Å². The highest BCUT2D eigenvalue weighted by Crippen LogP contribution is 2.29. The van der Waals surface area contributed by atoms with Crippen LogP contribution in [0.4, 0.5) is 5.82 Å². The van der Waals surface area contributed by atoms with Crippen molar-refractivity contribution >= 4 is 39.2 Å². The third-order valence-corrected chi connectivity index (χ3v) is 4.50. The maximum absolute atomic E-state index is 12.0. The van der Waals surface area contributed by atoms with Crippen molar-refractivity contribution in [3.63, 3.8) is 0 Å². The SMILES string of the molecule is NC(=O)[C@@H]1CCN(Cc2csc3c(N)ncnc23)C1=O. The summed E-state index contributed by atoms with van der Waals surface area (Å²) in [6, 6.07) is 0. The number of fused-ring (bicyclic) bond motifs is 1. The Labute approximate surface area is 118 Å². The number of amides is 2. The van der Waals surface area contributed by atoms with Gasteiger partial charge in [0, 0.05) is 18.7 Å². The maximum atomic E-state index is 12.0. The third kappa shape index (κ3) is 1.97. The van der Waals surface area contributed by atoms with Crippen LogP contribution in [0.5, 0.6) is 0 Å². The number of nitrogens with zero attached hydrogens (tertiary/aromatic N) is 3. The largest absolute Gasteiger partial charge is 0.382 e. The number of hydrogen-bond donors (Lipinski definition) is 2. The molecule has 0 radical (unpaired) electrons. The molecule has 3 rings (SSSR count). The minimum atomic E-state index is -0.695. The molecule has 1 fully saturated rings. The van der Waals surface area contributed by atoms with Crippen molar-refractivity contribution in [2.45, 2.75) is 13.0 Å². The van der Waals surface area contributed by atoms with Gasteiger partial charge in [0.05, 0.1) is 10.2 Å². The standard InChI is InChI=1S/C12H13N5O2S/c13-10-9-8(15-5-16-10)6(4-20-9)3-17-2-1-7(11(14)18)12(17)19/h4-5,7H,1-3H2,(H2,14,18)(H2,13,15,16)/t7-/m0/s1. The quantitative estimate of drug-likeness (QED) is 0.779. The predicted molar refractivity (Wildman–Crippen MR) is 74.5 cm³/mol. The molecule has 3 heterocycles. The van der Waals surface area contributed by atoms with Crippen LogP contribution >= 0.6 is 11.3 Å². The summed E-state index contributed by atoms with van der Waals surface area (Å²) in [6.07, 6.45) is 1.89. The van der Waals surface area contributed by atoms with E-state index in [0.29, 0.717) is 25.3 Å². The van der Waals surface area contributed by atoms with Crippen LogP contribution in [0.15, 0.2) is 11.7 Å². The number of carbonyl (C=O) groups excluding carboxylic acids is 2. The van der Waals surface area contributed by atoms with E-state index in [1.54, 1.807) is 4.90 Å². The summed E-state index contributed by atoms with van der Waals surface area (Å²) in [5.41, 5.74) is 12.7. The molecule has 7 nitrogen and oxygen atoms in total. The van der Waals surface area contributed by atoms with Crippen LogP contribution in [0.3, 0.4) is 0 Å². The van der Waals surface area contributed by atoms with Crippen LogP contribution in [-0.4, -0.2) is 33.2 Å². The molecular formula is C12H13N5O2S. The Morgan fingerprint density at radius 2 is 2.30 bits per heavy atom. The normalized spacial score (nSPS) is 18.9. The average Bonchev–Trinajstić information content (AvgIpc) is 2.97. The molecule has 0 spiro atoms. The molecule has 0 bridgehead atoms. The highest BCUT2D eigenvalue weighted by atomic mass is 32.1. The lowest BCUT2D eigenvalue weighted by Gasteiger charge is -2.15. The lowest BCUT2D eigenvalue weighted by molar-refractivity contribution is -0.136. The monoisotopic (exact) mass is 291 g/mol. The molecule has 2 amide bonds. The fourth-order valence-electron chi connectivity index (χ4n) is 2.40.